The minimum atomic E-state index is -0.107. The van der Waals surface area contributed by atoms with E-state index >= 15 is 0 Å². The maximum absolute atomic E-state index is 9.49. The summed E-state index contributed by atoms with van der Waals surface area (Å²) in [6.07, 6.45) is 3.73. The molecule has 1 aromatic rings. The summed E-state index contributed by atoms with van der Waals surface area (Å²) in [5.74, 6) is 0. The van der Waals surface area contributed by atoms with E-state index in [0.717, 1.165) is 44.8 Å². The molecule has 0 heterocycles. The molecule has 1 saturated carbocycles. The molecule has 1 aliphatic rings. The molecule has 0 atom stereocenters. The lowest BCUT2D eigenvalue weighted by atomic mass is 9.93. The highest BCUT2D eigenvalue weighted by molar-refractivity contribution is 9.11. The number of aliphatic hydroxyl groups excluding tert-OH is 1. The van der Waals surface area contributed by atoms with Gasteiger partial charge in [-0.3, -0.25) is 0 Å². The van der Waals surface area contributed by atoms with E-state index in [1.807, 2.05) is 12.1 Å². The predicted octanol–water partition coefficient (Wildman–Crippen LogP) is 4.69. The lowest BCUT2D eigenvalue weighted by molar-refractivity contribution is 0.126. The Morgan fingerprint density at radius 1 is 1.00 bits per heavy atom. The van der Waals surface area contributed by atoms with E-state index in [-0.39, 0.29) is 6.10 Å². The maximum atomic E-state index is 9.49. The van der Waals surface area contributed by atoms with E-state index in [2.05, 4.69) is 53.1 Å². The molecular weight excluding hydrogens is 414 g/mol. The quantitative estimate of drug-likeness (QED) is 0.717. The first kappa shape index (κ1) is 13.8. The third-order valence-corrected chi connectivity index (χ3v) is 4.76. The normalized spacial score (nSPS) is 24.7. The van der Waals surface area contributed by atoms with Gasteiger partial charge < -0.3 is 10.4 Å². The summed E-state index contributed by atoms with van der Waals surface area (Å²) in [4.78, 5) is 0. The van der Waals surface area contributed by atoms with Crippen molar-refractivity contribution in [2.45, 2.75) is 37.8 Å². The minimum absolute atomic E-state index is 0.107. The molecule has 1 aromatic carbocycles. The van der Waals surface area contributed by atoms with Crippen LogP contribution in [0.1, 0.15) is 25.7 Å². The van der Waals surface area contributed by atoms with Gasteiger partial charge in [0.25, 0.3) is 0 Å². The van der Waals surface area contributed by atoms with E-state index in [4.69, 9.17) is 0 Å². The van der Waals surface area contributed by atoms with E-state index in [0.29, 0.717) is 6.04 Å². The zero-order chi connectivity index (χ0) is 12.4. The summed E-state index contributed by atoms with van der Waals surface area (Å²) in [6, 6.07) is 4.52. The molecule has 0 bridgehead atoms. The molecule has 5 heteroatoms. The molecule has 0 aliphatic heterocycles. The van der Waals surface area contributed by atoms with Crippen molar-refractivity contribution in [1.29, 1.82) is 0 Å². The SMILES string of the molecule is OC1CCC(Nc2c(Br)cc(Br)cc2Br)CC1. The second-order valence-electron chi connectivity index (χ2n) is 4.39. The second kappa shape index (κ2) is 6.04. The molecule has 0 aromatic heterocycles. The first-order valence-electron chi connectivity index (χ1n) is 5.65. The van der Waals surface area contributed by atoms with Gasteiger partial charge in [0.05, 0.1) is 11.8 Å². The van der Waals surface area contributed by atoms with Gasteiger partial charge in [-0.1, -0.05) is 15.9 Å². The molecule has 0 spiro atoms. The average molecular weight is 428 g/mol. The Kier molecular flexibility index (Phi) is 4.92. The van der Waals surface area contributed by atoms with Crippen LogP contribution in [-0.4, -0.2) is 17.3 Å². The summed E-state index contributed by atoms with van der Waals surface area (Å²) in [6.45, 7) is 0. The Balaban J connectivity index is 2.08. The van der Waals surface area contributed by atoms with Gasteiger partial charge in [-0.2, -0.15) is 0 Å². The third-order valence-electron chi connectivity index (χ3n) is 3.05. The fourth-order valence-electron chi connectivity index (χ4n) is 2.10. The van der Waals surface area contributed by atoms with Gasteiger partial charge in [-0.15, -0.1) is 0 Å². The van der Waals surface area contributed by atoms with Crippen molar-refractivity contribution in [3.05, 3.63) is 25.6 Å². The van der Waals surface area contributed by atoms with Crippen LogP contribution in [0.3, 0.4) is 0 Å². The molecule has 2 nitrogen and oxygen atoms in total. The molecule has 1 fully saturated rings. The van der Waals surface area contributed by atoms with Crippen molar-refractivity contribution in [2.75, 3.05) is 5.32 Å². The summed E-state index contributed by atoms with van der Waals surface area (Å²) < 4.78 is 3.13. The molecule has 0 unspecified atom stereocenters. The van der Waals surface area contributed by atoms with Crippen molar-refractivity contribution in [2.24, 2.45) is 0 Å². The number of anilines is 1. The van der Waals surface area contributed by atoms with Gasteiger partial charge in [0, 0.05) is 19.5 Å². The minimum Gasteiger partial charge on any atom is -0.393 e. The van der Waals surface area contributed by atoms with E-state index in [1.54, 1.807) is 0 Å². The molecule has 0 radical (unpaired) electrons. The second-order valence-corrected chi connectivity index (χ2v) is 7.02. The molecule has 94 valence electrons. The van der Waals surface area contributed by atoms with Crippen molar-refractivity contribution in [3.63, 3.8) is 0 Å². The van der Waals surface area contributed by atoms with Gasteiger partial charge in [-0.05, 0) is 69.7 Å². The van der Waals surface area contributed by atoms with Gasteiger partial charge in [-0.25, -0.2) is 0 Å². The Morgan fingerprint density at radius 2 is 1.53 bits per heavy atom. The molecule has 2 rings (SSSR count). The lowest BCUT2D eigenvalue weighted by Gasteiger charge is -2.28. The molecule has 2 N–H and O–H groups in total. The van der Waals surface area contributed by atoms with E-state index < -0.39 is 0 Å². The number of hydrogen-bond acceptors (Lipinski definition) is 2. The third kappa shape index (κ3) is 3.69. The van der Waals surface area contributed by atoms with Crippen LogP contribution in [-0.2, 0) is 0 Å². The summed E-state index contributed by atoms with van der Waals surface area (Å²) in [7, 11) is 0. The standard InChI is InChI=1S/C12H14Br3NO/c13-7-5-10(14)12(11(15)6-7)16-8-1-3-9(17)4-2-8/h5-6,8-9,16-17H,1-4H2. The fraction of sp³-hybridized carbons (Fsp3) is 0.500. The number of rotatable bonds is 2. The van der Waals surface area contributed by atoms with Gasteiger partial charge in [0.1, 0.15) is 0 Å². The van der Waals surface area contributed by atoms with Gasteiger partial charge in [0.2, 0.25) is 0 Å². The van der Waals surface area contributed by atoms with E-state index in [1.165, 1.54) is 0 Å². The van der Waals surface area contributed by atoms with Gasteiger partial charge >= 0.3 is 0 Å². The highest BCUT2D eigenvalue weighted by Gasteiger charge is 2.20. The Hall–Kier alpha value is 0.420. The van der Waals surface area contributed by atoms with Crippen LogP contribution in [0.25, 0.3) is 0 Å². The van der Waals surface area contributed by atoms with Crippen LogP contribution in [0.15, 0.2) is 25.6 Å². The summed E-state index contributed by atoms with van der Waals surface area (Å²) in [5.41, 5.74) is 1.09. The Bertz CT molecular complexity index is 380. The highest BCUT2D eigenvalue weighted by atomic mass is 79.9. The van der Waals surface area contributed by atoms with Gasteiger partial charge in [0.15, 0.2) is 0 Å². The first-order chi connectivity index (χ1) is 8.06. The Labute approximate surface area is 127 Å². The van der Waals surface area contributed by atoms with Crippen LogP contribution in [0.5, 0.6) is 0 Å². The first-order valence-corrected chi connectivity index (χ1v) is 8.03. The highest BCUT2D eigenvalue weighted by Crippen LogP contribution is 2.36. The average Bonchev–Trinajstić information content (AvgIpc) is 2.26. The van der Waals surface area contributed by atoms with Crippen molar-refractivity contribution in [3.8, 4) is 0 Å². The van der Waals surface area contributed by atoms with Crippen LogP contribution < -0.4 is 5.32 Å². The number of aliphatic hydroxyl groups is 1. The Morgan fingerprint density at radius 3 is 2.06 bits per heavy atom. The van der Waals surface area contributed by atoms with Crippen LogP contribution in [0, 0.1) is 0 Å². The zero-order valence-corrected chi connectivity index (χ0v) is 14.0. The lowest BCUT2D eigenvalue weighted by Crippen LogP contribution is -2.28. The number of halogens is 3. The topological polar surface area (TPSA) is 32.3 Å². The summed E-state index contributed by atoms with van der Waals surface area (Å²) in [5, 5.41) is 13.0. The number of nitrogens with one attached hydrogen (secondary N) is 1. The molecule has 1 aliphatic carbocycles. The number of benzene rings is 1. The van der Waals surface area contributed by atoms with Crippen molar-refractivity contribution < 1.29 is 5.11 Å². The molecule has 0 saturated heterocycles. The fourth-order valence-corrected chi connectivity index (χ4v) is 4.59. The molecular formula is C12H14Br3NO. The van der Waals surface area contributed by atoms with Crippen LogP contribution in [0.2, 0.25) is 0 Å². The van der Waals surface area contributed by atoms with Crippen LogP contribution >= 0.6 is 47.8 Å². The summed E-state index contributed by atoms with van der Waals surface area (Å²) >= 11 is 10.6. The molecule has 0 amide bonds. The van der Waals surface area contributed by atoms with Crippen LogP contribution in [0.4, 0.5) is 5.69 Å². The zero-order valence-electron chi connectivity index (χ0n) is 9.22. The maximum Gasteiger partial charge on any atom is 0.0631 e. The predicted molar refractivity (Wildman–Crippen MR) is 81.4 cm³/mol. The van der Waals surface area contributed by atoms with Crippen molar-refractivity contribution in [1.82, 2.24) is 0 Å². The number of hydrogen-bond donors (Lipinski definition) is 2. The largest absolute Gasteiger partial charge is 0.393 e. The smallest absolute Gasteiger partial charge is 0.0631 e. The van der Waals surface area contributed by atoms with Crippen molar-refractivity contribution >= 4 is 53.5 Å². The van der Waals surface area contributed by atoms with E-state index in [9.17, 15) is 5.11 Å². The monoisotopic (exact) mass is 425 g/mol. The molecule has 17 heavy (non-hydrogen) atoms.